The Balaban J connectivity index is 1.59. The molecule has 3 aromatic rings. The third kappa shape index (κ3) is 4.56. The van der Waals surface area contributed by atoms with Gasteiger partial charge < -0.3 is 5.32 Å². The minimum atomic E-state index is -0.208. The Kier molecular flexibility index (Phi) is 6.04. The van der Waals surface area contributed by atoms with E-state index in [4.69, 9.17) is 11.6 Å². The first kappa shape index (κ1) is 19.8. The molecule has 2 amide bonds. The standard InChI is InChI=1S/C22H17ClN2O2S2/c23-17-8-2-1-6-15(17)12-20-22(27)25(18-9-3-4-10-19(18)29-20)14-21(26)24-13-16-7-5-11-28-16/h1-12H,13-14H2,(H,24,26). The number of thioether (sulfide) groups is 1. The van der Waals surface area contributed by atoms with E-state index in [1.54, 1.807) is 23.5 Å². The molecule has 0 fully saturated rings. The van der Waals surface area contributed by atoms with Gasteiger partial charge in [-0.2, -0.15) is 0 Å². The Labute approximate surface area is 182 Å². The lowest BCUT2D eigenvalue weighted by molar-refractivity contribution is -0.122. The van der Waals surface area contributed by atoms with E-state index in [0.29, 0.717) is 16.5 Å². The molecule has 4 rings (SSSR count). The number of hydrogen-bond acceptors (Lipinski definition) is 4. The van der Waals surface area contributed by atoms with E-state index in [-0.39, 0.29) is 18.4 Å². The number of anilines is 1. The number of rotatable bonds is 5. The van der Waals surface area contributed by atoms with E-state index in [0.717, 1.165) is 21.0 Å². The van der Waals surface area contributed by atoms with Gasteiger partial charge in [-0.25, -0.2) is 0 Å². The number of fused-ring (bicyclic) bond motifs is 1. The van der Waals surface area contributed by atoms with Crippen LogP contribution in [0.15, 0.2) is 75.8 Å². The van der Waals surface area contributed by atoms with Gasteiger partial charge in [-0.15, -0.1) is 11.3 Å². The van der Waals surface area contributed by atoms with Crippen molar-refractivity contribution in [1.82, 2.24) is 5.32 Å². The zero-order valence-corrected chi connectivity index (χ0v) is 17.7. The number of amides is 2. The van der Waals surface area contributed by atoms with Crippen molar-refractivity contribution < 1.29 is 9.59 Å². The summed E-state index contributed by atoms with van der Waals surface area (Å²) in [5.74, 6) is -0.412. The highest BCUT2D eigenvalue weighted by Gasteiger charge is 2.30. The number of carbonyl (C=O) groups is 2. The van der Waals surface area contributed by atoms with Crippen LogP contribution < -0.4 is 10.2 Å². The van der Waals surface area contributed by atoms with Crippen molar-refractivity contribution in [3.05, 3.63) is 86.4 Å². The molecule has 0 aliphatic carbocycles. The maximum atomic E-state index is 13.2. The van der Waals surface area contributed by atoms with Crippen LogP contribution in [0.1, 0.15) is 10.4 Å². The highest BCUT2D eigenvalue weighted by molar-refractivity contribution is 8.04. The van der Waals surface area contributed by atoms with Crippen LogP contribution in [0.4, 0.5) is 5.69 Å². The van der Waals surface area contributed by atoms with Crippen molar-refractivity contribution in [2.24, 2.45) is 0 Å². The molecule has 2 heterocycles. The molecule has 0 bridgehead atoms. The van der Waals surface area contributed by atoms with Gasteiger partial charge in [0.15, 0.2) is 0 Å². The van der Waals surface area contributed by atoms with Gasteiger partial charge in [0.05, 0.1) is 17.1 Å². The second-order valence-corrected chi connectivity index (χ2v) is 8.87. The summed E-state index contributed by atoms with van der Waals surface area (Å²) in [5.41, 5.74) is 1.51. The lowest BCUT2D eigenvalue weighted by atomic mass is 10.2. The Morgan fingerprint density at radius 2 is 1.86 bits per heavy atom. The van der Waals surface area contributed by atoms with Gasteiger partial charge in [-0.3, -0.25) is 14.5 Å². The van der Waals surface area contributed by atoms with Crippen LogP contribution in [0.3, 0.4) is 0 Å². The molecule has 1 N–H and O–H groups in total. The number of benzene rings is 2. The van der Waals surface area contributed by atoms with Crippen LogP contribution in [0, 0.1) is 0 Å². The second-order valence-electron chi connectivity index (χ2n) is 6.35. The van der Waals surface area contributed by atoms with Gasteiger partial charge in [0.1, 0.15) is 6.54 Å². The molecule has 0 atom stereocenters. The van der Waals surface area contributed by atoms with E-state index >= 15 is 0 Å². The van der Waals surface area contributed by atoms with Crippen LogP contribution in [0.2, 0.25) is 5.02 Å². The lowest BCUT2D eigenvalue weighted by Gasteiger charge is -2.29. The molecule has 1 aliphatic rings. The van der Waals surface area contributed by atoms with Gasteiger partial charge in [0, 0.05) is 14.8 Å². The minimum Gasteiger partial charge on any atom is -0.350 e. The number of hydrogen-bond donors (Lipinski definition) is 1. The summed E-state index contributed by atoms with van der Waals surface area (Å²) < 4.78 is 0. The van der Waals surface area contributed by atoms with Gasteiger partial charge in [0.25, 0.3) is 5.91 Å². The molecule has 0 spiro atoms. The molecule has 7 heteroatoms. The molecule has 1 aliphatic heterocycles. The van der Waals surface area contributed by atoms with Crippen molar-refractivity contribution in [3.8, 4) is 0 Å². The highest BCUT2D eigenvalue weighted by atomic mass is 35.5. The third-order valence-corrected chi connectivity index (χ3v) is 6.66. The normalized spacial score (nSPS) is 14.7. The van der Waals surface area contributed by atoms with E-state index < -0.39 is 0 Å². The number of nitrogens with zero attached hydrogens (tertiary/aromatic N) is 1. The van der Waals surface area contributed by atoms with Crippen molar-refractivity contribution in [2.45, 2.75) is 11.4 Å². The maximum Gasteiger partial charge on any atom is 0.265 e. The first-order valence-electron chi connectivity index (χ1n) is 8.96. The molecule has 4 nitrogen and oxygen atoms in total. The number of nitrogens with one attached hydrogen (secondary N) is 1. The van der Waals surface area contributed by atoms with Crippen LogP contribution in [0.25, 0.3) is 6.08 Å². The number of carbonyl (C=O) groups excluding carboxylic acids is 2. The summed E-state index contributed by atoms with van der Waals surface area (Å²) in [7, 11) is 0. The largest absolute Gasteiger partial charge is 0.350 e. The molecule has 1 aromatic heterocycles. The van der Waals surface area contributed by atoms with E-state index in [2.05, 4.69) is 5.32 Å². The number of thiophene rings is 1. The van der Waals surface area contributed by atoms with Crippen molar-refractivity contribution in [2.75, 3.05) is 11.4 Å². The van der Waals surface area contributed by atoms with Gasteiger partial charge >= 0.3 is 0 Å². The molecule has 146 valence electrons. The fourth-order valence-corrected chi connectivity index (χ4v) is 4.84. The zero-order chi connectivity index (χ0) is 20.2. The smallest absolute Gasteiger partial charge is 0.265 e. The summed E-state index contributed by atoms with van der Waals surface area (Å²) in [6.45, 7) is 0.416. The topological polar surface area (TPSA) is 49.4 Å². The fourth-order valence-electron chi connectivity index (χ4n) is 2.95. The lowest BCUT2D eigenvalue weighted by Crippen LogP contribution is -2.42. The average Bonchev–Trinajstić information content (AvgIpc) is 3.25. The van der Waals surface area contributed by atoms with Crippen molar-refractivity contribution in [1.29, 1.82) is 0 Å². The molecule has 0 unspecified atom stereocenters. The Bertz CT molecular complexity index is 1080. The predicted molar refractivity (Wildman–Crippen MR) is 120 cm³/mol. The second kappa shape index (κ2) is 8.86. The van der Waals surface area contributed by atoms with Crippen molar-refractivity contribution in [3.63, 3.8) is 0 Å². The third-order valence-electron chi connectivity index (χ3n) is 4.37. The molecule has 0 radical (unpaired) electrons. The molecule has 0 saturated carbocycles. The van der Waals surface area contributed by atoms with E-state index in [1.807, 2.05) is 60.0 Å². The Morgan fingerprint density at radius 1 is 1.07 bits per heavy atom. The maximum absolute atomic E-state index is 13.2. The number of halogens is 1. The Hall–Kier alpha value is -2.54. The monoisotopic (exact) mass is 440 g/mol. The summed E-state index contributed by atoms with van der Waals surface area (Å²) in [5, 5.41) is 5.43. The minimum absolute atomic E-state index is 0.0400. The summed E-state index contributed by atoms with van der Waals surface area (Å²) in [6, 6.07) is 18.9. The summed E-state index contributed by atoms with van der Waals surface area (Å²) >= 11 is 9.24. The molecular weight excluding hydrogens is 424 g/mol. The SMILES string of the molecule is O=C(CN1C(=O)C(=Cc2ccccc2Cl)Sc2ccccc21)NCc1cccs1. The molecule has 2 aromatic carbocycles. The van der Waals surface area contributed by atoms with E-state index in [9.17, 15) is 9.59 Å². The molecule has 0 saturated heterocycles. The Morgan fingerprint density at radius 3 is 2.66 bits per heavy atom. The van der Waals surface area contributed by atoms with Gasteiger partial charge in [0.2, 0.25) is 5.91 Å². The first-order valence-corrected chi connectivity index (χ1v) is 11.0. The highest BCUT2D eigenvalue weighted by Crippen LogP contribution is 2.42. The van der Waals surface area contributed by atoms with Crippen LogP contribution in [-0.4, -0.2) is 18.4 Å². The molecular formula is C22H17ClN2O2S2. The van der Waals surface area contributed by atoms with Gasteiger partial charge in [-0.05, 0) is 41.3 Å². The van der Waals surface area contributed by atoms with Crippen LogP contribution in [-0.2, 0) is 16.1 Å². The molecule has 29 heavy (non-hydrogen) atoms. The number of para-hydroxylation sites is 1. The summed E-state index contributed by atoms with van der Waals surface area (Å²) in [4.78, 5) is 29.8. The van der Waals surface area contributed by atoms with Crippen LogP contribution in [0.5, 0.6) is 0 Å². The average molecular weight is 441 g/mol. The first-order chi connectivity index (χ1) is 14.1. The summed E-state index contributed by atoms with van der Waals surface area (Å²) in [6.07, 6.45) is 1.78. The van der Waals surface area contributed by atoms with Crippen LogP contribution >= 0.6 is 34.7 Å². The zero-order valence-electron chi connectivity index (χ0n) is 15.3. The van der Waals surface area contributed by atoms with Gasteiger partial charge in [-0.1, -0.05) is 59.8 Å². The van der Waals surface area contributed by atoms with E-state index in [1.165, 1.54) is 16.7 Å². The van der Waals surface area contributed by atoms with Crippen molar-refractivity contribution >= 4 is 58.3 Å². The predicted octanol–water partition coefficient (Wildman–Crippen LogP) is 5.20. The quantitative estimate of drug-likeness (QED) is 0.555. The fraction of sp³-hybridized carbons (Fsp3) is 0.0909.